The Bertz CT molecular complexity index is 1210. The molecule has 1 spiro atoms. The van der Waals surface area contributed by atoms with E-state index < -0.39 is 0 Å². The molecule has 2 aromatic carbocycles. The minimum atomic E-state index is 0.113. The van der Waals surface area contributed by atoms with Crippen molar-refractivity contribution in [3.8, 4) is 17.0 Å². The largest absolute Gasteiger partial charge is 0.486 e. The lowest BCUT2D eigenvalue weighted by atomic mass is 9.62. The van der Waals surface area contributed by atoms with Crippen LogP contribution in [0.1, 0.15) is 49.1 Å². The van der Waals surface area contributed by atoms with Gasteiger partial charge < -0.3 is 4.74 Å². The number of rotatable bonds is 3. The monoisotopic (exact) mass is 396 g/mol. The van der Waals surface area contributed by atoms with Crippen molar-refractivity contribution in [1.82, 2.24) is 19.6 Å². The van der Waals surface area contributed by atoms with Crippen LogP contribution in [0.2, 0.25) is 0 Å². The first kappa shape index (κ1) is 17.6. The highest BCUT2D eigenvalue weighted by atomic mass is 16.5. The Balaban J connectivity index is 1.47. The molecule has 0 N–H and O–H groups in total. The predicted octanol–water partition coefficient (Wildman–Crippen LogP) is 5.13. The van der Waals surface area contributed by atoms with Crippen molar-refractivity contribution in [1.29, 1.82) is 0 Å². The van der Waals surface area contributed by atoms with Gasteiger partial charge in [-0.05, 0) is 37.0 Å². The Morgan fingerprint density at radius 2 is 1.73 bits per heavy atom. The van der Waals surface area contributed by atoms with Gasteiger partial charge in [0.15, 0.2) is 11.5 Å². The van der Waals surface area contributed by atoms with Crippen LogP contribution in [0.25, 0.3) is 16.9 Å². The zero-order chi connectivity index (χ0) is 20.0. The fraction of sp³-hybridized carbons (Fsp3) is 0.320. The van der Waals surface area contributed by atoms with Gasteiger partial charge in [-0.3, -0.25) is 0 Å². The second-order valence-electron chi connectivity index (χ2n) is 8.54. The predicted molar refractivity (Wildman–Crippen MR) is 115 cm³/mol. The average molecular weight is 396 g/mol. The number of fused-ring (bicyclic) bond motifs is 6. The van der Waals surface area contributed by atoms with E-state index in [0.29, 0.717) is 12.4 Å². The van der Waals surface area contributed by atoms with Crippen molar-refractivity contribution >= 4 is 5.65 Å². The van der Waals surface area contributed by atoms with E-state index in [2.05, 4.69) is 29.4 Å². The number of ether oxygens (including phenoxy) is 1. The van der Waals surface area contributed by atoms with E-state index in [1.807, 2.05) is 41.2 Å². The van der Waals surface area contributed by atoms with Crippen LogP contribution in [0.15, 0.2) is 60.9 Å². The van der Waals surface area contributed by atoms with Crippen molar-refractivity contribution in [2.24, 2.45) is 0 Å². The van der Waals surface area contributed by atoms with Crippen molar-refractivity contribution < 1.29 is 4.74 Å². The molecule has 0 saturated heterocycles. The molecule has 5 nitrogen and oxygen atoms in total. The topological polar surface area (TPSA) is 52.3 Å². The maximum atomic E-state index is 5.90. The zero-order valence-corrected chi connectivity index (χ0v) is 16.9. The normalized spacial score (nSPS) is 16.9. The standard InChI is InChI=1S/C25H24N4O/c1-3-10-19(11-4-1)30-16-21-27-24-22-23(26-17-29(24)28-21)20-12-6-5-9-18(20)15-25(22)13-7-2-8-14-25/h1,3-6,9-12,17H,2,7-8,13-16H2. The molecule has 5 heteroatoms. The van der Waals surface area contributed by atoms with E-state index in [4.69, 9.17) is 14.7 Å². The SMILES string of the molecule is c1ccc(OCc2nc3c4c(ncn3n2)-c2ccccc2CC42CCCCC2)cc1. The van der Waals surface area contributed by atoms with Gasteiger partial charge in [0.05, 0.1) is 5.69 Å². The van der Waals surface area contributed by atoms with Crippen LogP contribution in [0, 0.1) is 0 Å². The summed E-state index contributed by atoms with van der Waals surface area (Å²) >= 11 is 0. The van der Waals surface area contributed by atoms with E-state index >= 15 is 0 Å². The van der Waals surface area contributed by atoms with Crippen molar-refractivity contribution in [3.05, 3.63) is 77.9 Å². The Labute approximate surface area is 175 Å². The van der Waals surface area contributed by atoms with Crippen LogP contribution in [-0.4, -0.2) is 19.6 Å². The third kappa shape index (κ3) is 2.80. The van der Waals surface area contributed by atoms with E-state index in [0.717, 1.165) is 23.5 Å². The van der Waals surface area contributed by atoms with Gasteiger partial charge in [0, 0.05) is 16.5 Å². The Kier molecular flexibility index (Phi) is 4.08. The molecule has 2 aromatic heterocycles. The van der Waals surface area contributed by atoms with Crippen LogP contribution in [0.5, 0.6) is 5.75 Å². The van der Waals surface area contributed by atoms with Gasteiger partial charge in [-0.25, -0.2) is 14.5 Å². The van der Waals surface area contributed by atoms with E-state index in [1.165, 1.54) is 48.8 Å². The van der Waals surface area contributed by atoms with Crippen LogP contribution in [0.3, 0.4) is 0 Å². The number of benzene rings is 2. The molecule has 0 aliphatic heterocycles. The highest BCUT2D eigenvalue weighted by molar-refractivity contribution is 5.77. The highest BCUT2D eigenvalue weighted by Gasteiger charge is 2.42. The van der Waals surface area contributed by atoms with Gasteiger partial charge in [0.1, 0.15) is 18.7 Å². The van der Waals surface area contributed by atoms with Crippen molar-refractivity contribution in [2.45, 2.75) is 50.5 Å². The minimum absolute atomic E-state index is 0.113. The Morgan fingerprint density at radius 1 is 0.933 bits per heavy atom. The van der Waals surface area contributed by atoms with Crippen LogP contribution >= 0.6 is 0 Å². The maximum absolute atomic E-state index is 5.90. The summed E-state index contributed by atoms with van der Waals surface area (Å²) in [6, 6.07) is 18.5. The fourth-order valence-corrected chi connectivity index (χ4v) is 5.33. The van der Waals surface area contributed by atoms with Gasteiger partial charge in [-0.1, -0.05) is 61.7 Å². The highest BCUT2D eigenvalue weighted by Crippen LogP contribution is 2.50. The third-order valence-electron chi connectivity index (χ3n) is 6.69. The number of hydrogen-bond donors (Lipinski definition) is 0. The summed E-state index contributed by atoms with van der Waals surface area (Å²) in [4.78, 5) is 9.84. The molecule has 4 aromatic rings. The zero-order valence-electron chi connectivity index (χ0n) is 16.9. The van der Waals surface area contributed by atoms with Gasteiger partial charge in [-0.2, -0.15) is 0 Å². The van der Waals surface area contributed by atoms with Gasteiger partial charge in [-0.15, -0.1) is 5.10 Å². The molecule has 0 bridgehead atoms. The molecule has 2 aliphatic carbocycles. The molecular formula is C25H24N4O. The van der Waals surface area contributed by atoms with Crippen LogP contribution < -0.4 is 4.74 Å². The van der Waals surface area contributed by atoms with Gasteiger partial charge >= 0.3 is 0 Å². The lowest BCUT2D eigenvalue weighted by molar-refractivity contribution is 0.288. The van der Waals surface area contributed by atoms with E-state index in [-0.39, 0.29) is 5.41 Å². The first-order valence-electron chi connectivity index (χ1n) is 10.8. The summed E-state index contributed by atoms with van der Waals surface area (Å²) in [5, 5.41) is 4.69. The summed E-state index contributed by atoms with van der Waals surface area (Å²) < 4.78 is 7.75. The lowest BCUT2D eigenvalue weighted by Gasteiger charge is -2.42. The van der Waals surface area contributed by atoms with E-state index in [9.17, 15) is 0 Å². The molecule has 1 saturated carbocycles. The molecule has 0 radical (unpaired) electrons. The lowest BCUT2D eigenvalue weighted by Crippen LogP contribution is -2.36. The maximum Gasteiger partial charge on any atom is 0.189 e. The molecule has 0 unspecified atom stereocenters. The fourth-order valence-electron chi connectivity index (χ4n) is 5.33. The minimum Gasteiger partial charge on any atom is -0.486 e. The summed E-state index contributed by atoms with van der Waals surface area (Å²) in [7, 11) is 0. The summed E-state index contributed by atoms with van der Waals surface area (Å²) in [5.41, 5.74) is 6.11. The summed E-state index contributed by atoms with van der Waals surface area (Å²) in [5.74, 6) is 1.52. The number of para-hydroxylation sites is 1. The Hall–Kier alpha value is -3.21. The first-order chi connectivity index (χ1) is 14.8. The van der Waals surface area contributed by atoms with Crippen molar-refractivity contribution in [3.63, 3.8) is 0 Å². The van der Waals surface area contributed by atoms with E-state index in [1.54, 1.807) is 0 Å². The summed E-state index contributed by atoms with van der Waals surface area (Å²) in [6.07, 6.45) is 9.11. The molecule has 6 rings (SSSR count). The van der Waals surface area contributed by atoms with Gasteiger partial charge in [0.2, 0.25) is 0 Å². The molecule has 0 atom stereocenters. The van der Waals surface area contributed by atoms with Crippen molar-refractivity contribution in [2.75, 3.05) is 0 Å². The van der Waals surface area contributed by atoms with Gasteiger partial charge in [0.25, 0.3) is 0 Å². The first-order valence-corrected chi connectivity index (χ1v) is 10.8. The number of nitrogens with zero attached hydrogens (tertiary/aromatic N) is 4. The second-order valence-corrected chi connectivity index (χ2v) is 8.54. The molecule has 0 amide bonds. The second kappa shape index (κ2) is 6.94. The average Bonchev–Trinajstić information content (AvgIpc) is 3.22. The molecular weight excluding hydrogens is 372 g/mol. The number of hydrogen-bond acceptors (Lipinski definition) is 4. The van der Waals surface area contributed by atoms with Crippen LogP contribution in [-0.2, 0) is 18.4 Å². The summed E-state index contributed by atoms with van der Waals surface area (Å²) in [6.45, 7) is 0.351. The molecule has 2 aliphatic rings. The van der Waals surface area contributed by atoms with Crippen LogP contribution in [0.4, 0.5) is 0 Å². The number of aromatic nitrogens is 4. The third-order valence-corrected chi connectivity index (χ3v) is 6.69. The molecule has 150 valence electrons. The molecule has 30 heavy (non-hydrogen) atoms. The quantitative estimate of drug-likeness (QED) is 0.482. The molecule has 1 fully saturated rings. The smallest absolute Gasteiger partial charge is 0.189 e. The Morgan fingerprint density at radius 3 is 2.60 bits per heavy atom. The molecule has 2 heterocycles.